The Morgan fingerprint density at radius 3 is 2.56 bits per heavy atom. The summed E-state index contributed by atoms with van der Waals surface area (Å²) in [5.74, 6) is -0.0809. The SMILES string of the molecule is Cc1cc(O)c(NC(=S)NC(=O)COc2ccc(Cl)cc2Cl)cc1C. The van der Waals surface area contributed by atoms with Crippen LogP contribution in [0, 0.1) is 13.8 Å². The Kier molecular flexibility index (Phi) is 6.47. The molecular weight excluding hydrogens is 383 g/mol. The van der Waals surface area contributed by atoms with Gasteiger partial charge in [0, 0.05) is 5.02 Å². The summed E-state index contributed by atoms with van der Waals surface area (Å²) in [5.41, 5.74) is 2.34. The van der Waals surface area contributed by atoms with Gasteiger partial charge >= 0.3 is 0 Å². The fraction of sp³-hybridized carbons (Fsp3) is 0.176. The van der Waals surface area contributed by atoms with Crippen molar-refractivity contribution in [1.29, 1.82) is 0 Å². The van der Waals surface area contributed by atoms with Crippen molar-refractivity contribution in [2.24, 2.45) is 0 Å². The lowest BCUT2D eigenvalue weighted by Gasteiger charge is -2.13. The summed E-state index contributed by atoms with van der Waals surface area (Å²) in [4.78, 5) is 11.9. The Bertz CT molecular complexity index is 828. The molecule has 0 aliphatic heterocycles. The normalized spacial score (nSPS) is 10.2. The fourth-order valence-electron chi connectivity index (χ4n) is 1.95. The second-order valence-corrected chi connectivity index (χ2v) is 6.57. The van der Waals surface area contributed by atoms with Crippen LogP contribution in [0.15, 0.2) is 30.3 Å². The molecule has 0 fully saturated rings. The third-order valence-corrected chi connectivity index (χ3v) is 4.10. The van der Waals surface area contributed by atoms with Crippen molar-refractivity contribution in [1.82, 2.24) is 5.32 Å². The number of aryl methyl sites for hydroxylation is 2. The zero-order valence-electron chi connectivity index (χ0n) is 13.5. The summed E-state index contributed by atoms with van der Waals surface area (Å²) >= 11 is 16.8. The van der Waals surface area contributed by atoms with Crippen LogP contribution in [0.5, 0.6) is 11.5 Å². The molecular formula is C17H16Cl2N2O3S. The van der Waals surface area contributed by atoms with Crippen LogP contribution in [-0.4, -0.2) is 22.7 Å². The van der Waals surface area contributed by atoms with E-state index in [0.717, 1.165) is 11.1 Å². The number of halogens is 2. The number of aromatic hydroxyl groups is 1. The summed E-state index contributed by atoms with van der Waals surface area (Å²) in [6.07, 6.45) is 0. The summed E-state index contributed by atoms with van der Waals surface area (Å²) in [6.45, 7) is 3.52. The van der Waals surface area contributed by atoms with E-state index < -0.39 is 5.91 Å². The number of phenols is 1. The molecule has 0 atom stereocenters. The second kappa shape index (κ2) is 8.38. The fourth-order valence-corrected chi connectivity index (χ4v) is 2.64. The Hall–Kier alpha value is -2.02. The maximum atomic E-state index is 11.9. The number of thiocarbonyl (C=S) groups is 1. The van der Waals surface area contributed by atoms with Crippen LogP contribution in [0.3, 0.4) is 0 Å². The Morgan fingerprint density at radius 1 is 1.20 bits per heavy atom. The number of hydrogen-bond donors (Lipinski definition) is 3. The molecule has 0 aliphatic rings. The molecule has 25 heavy (non-hydrogen) atoms. The van der Waals surface area contributed by atoms with Gasteiger partial charge in [-0.2, -0.15) is 0 Å². The number of anilines is 1. The molecule has 0 heterocycles. The van der Waals surface area contributed by atoms with Gasteiger partial charge in [0.15, 0.2) is 11.7 Å². The van der Waals surface area contributed by atoms with E-state index in [1.807, 2.05) is 13.8 Å². The minimum Gasteiger partial charge on any atom is -0.506 e. The van der Waals surface area contributed by atoms with Crippen molar-refractivity contribution in [2.75, 3.05) is 11.9 Å². The highest BCUT2D eigenvalue weighted by molar-refractivity contribution is 7.80. The molecule has 0 aliphatic carbocycles. The van der Waals surface area contributed by atoms with Gasteiger partial charge in [0.2, 0.25) is 0 Å². The smallest absolute Gasteiger partial charge is 0.264 e. The van der Waals surface area contributed by atoms with Crippen LogP contribution in [0.2, 0.25) is 10.0 Å². The minimum absolute atomic E-state index is 0.0453. The lowest BCUT2D eigenvalue weighted by Crippen LogP contribution is -2.37. The summed E-state index contributed by atoms with van der Waals surface area (Å²) < 4.78 is 5.32. The van der Waals surface area contributed by atoms with Crippen molar-refractivity contribution in [3.05, 3.63) is 51.5 Å². The third kappa shape index (κ3) is 5.49. The molecule has 0 radical (unpaired) electrons. The quantitative estimate of drug-likeness (QED) is 0.531. The van der Waals surface area contributed by atoms with Crippen LogP contribution in [0.1, 0.15) is 11.1 Å². The molecule has 1 amide bonds. The van der Waals surface area contributed by atoms with Crippen LogP contribution >= 0.6 is 35.4 Å². The molecule has 0 spiro atoms. The topological polar surface area (TPSA) is 70.6 Å². The zero-order chi connectivity index (χ0) is 18.6. The van der Waals surface area contributed by atoms with Gasteiger partial charge in [-0.05, 0) is 67.5 Å². The van der Waals surface area contributed by atoms with Gasteiger partial charge in [0.05, 0.1) is 10.7 Å². The summed E-state index contributed by atoms with van der Waals surface area (Å²) in [5, 5.41) is 16.0. The Morgan fingerprint density at radius 2 is 1.88 bits per heavy atom. The molecule has 2 rings (SSSR count). The van der Waals surface area contributed by atoms with Gasteiger partial charge in [-0.25, -0.2) is 0 Å². The Labute approximate surface area is 160 Å². The Balaban J connectivity index is 1.90. The van der Waals surface area contributed by atoms with Crippen molar-refractivity contribution >= 4 is 52.1 Å². The van der Waals surface area contributed by atoms with Crippen molar-refractivity contribution < 1.29 is 14.6 Å². The monoisotopic (exact) mass is 398 g/mol. The molecule has 8 heteroatoms. The van der Waals surface area contributed by atoms with Crippen LogP contribution in [-0.2, 0) is 4.79 Å². The highest BCUT2D eigenvalue weighted by Crippen LogP contribution is 2.28. The average Bonchev–Trinajstić information content (AvgIpc) is 2.51. The van der Waals surface area contributed by atoms with Gasteiger partial charge in [-0.3, -0.25) is 10.1 Å². The number of amides is 1. The first-order chi connectivity index (χ1) is 11.8. The summed E-state index contributed by atoms with van der Waals surface area (Å²) in [6, 6.07) is 8.06. The predicted octanol–water partition coefficient (Wildman–Crippen LogP) is 4.21. The van der Waals surface area contributed by atoms with Crippen LogP contribution < -0.4 is 15.4 Å². The van der Waals surface area contributed by atoms with Gasteiger partial charge in [-0.15, -0.1) is 0 Å². The zero-order valence-corrected chi connectivity index (χ0v) is 15.9. The van der Waals surface area contributed by atoms with Gasteiger partial charge in [-0.1, -0.05) is 23.2 Å². The third-order valence-electron chi connectivity index (χ3n) is 3.37. The lowest BCUT2D eigenvalue weighted by molar-refractivity contribution is -0.121. The highest BCUT2D eigenvalue weighted by Gasteiger charge is 2.10. The number of ether oxygens (including phenoxy) is 1. The van der Waals surface area contributed by atoms with Crippen LogP contribution in [0.4, 0.5) is 5.69 Å². The van der Waals surface area contributed by atoms with Gasteiger partial charge < -0.3 is 15.2 Å². The number of phenolic OH excluding ortho intramolecular Hbond substituents is 1. The van der Waals surface area contributed by atoms with Crippen molar-refractivity contribution in [2.45, 2.75) is 13.8 Å². The van der Waals surface area contributed by atoms with E-state index in [9.17, 15) is 9.90 Å². The lowest BCUT2D eigenvalue weighted by atomic mass is 10.1. The molecule has 0 unspecified atom stereocenters. The number of carbonyl (C=O) groups excluding carboxylic acids is 1. The van der Waals surface area contributed by atoms with E-state index in [1.54, 1.807) is 24.3 Å². The number of benzene rings is 2. The van der Waals surface area contributed by atoms with Crippen molar-refractivity contribution in [3.63, 3.8) is 0 Å². The number of nitrogens with one attached hydrogen (secondary N) is 2. The van der Waals surface area contributed by atoms with E-state index in [2.05, 4.69) is 10.6 Å². The molecule has 2 aromatic rings. The predicted molar refractivity (Wildman–Crippen MR) is 104 cm³/mol. The molecule has 0 saturated carbocycles. The average molecular weight is 399 g/mol. The maximum absolute atomic E-state index is 11.9. The van der Waals surface area contributed by atoms with E-state index in [1.165, 1.54) is 6.07 Å². The number of rotatable bonds is 4. The second-order valence-electron chi connectivity index (χ2n) is 5.32. The van der Waals surface area contributed by atoms with Crippen molar-refractivity contribution in [3.8, 4) is 11.5 Å². The molecule has 0 bridgehead atoms. The first-order valence-corrected chi connectivity index (χ1v) is 8.41. The van der Waals surface area contributed by atoms with E-state index in [4.69, 9.17) is 40.2 Å². The molecule has 3 N–H and O–H groups in total. The van der Waals surface area contributed by atoms with E-state index in [0.29, 0.717) is 21.5 Å². The van der Waals surface area contributed by atoms with E-state index >= 15 is 0 Å². The molecule has 132 valence electrons. The maximum Gasteiger partial charge on any atom is 0.264 e. The minimum atomic E-state index is -0.466. The molecule has 0 saturated heterocycles. The first kappa shape index (κ1) is 19.3. The molecule has 0 aromatic heterocycles. The largest absolute Gasteiger partial charge is 0.506 e. The number of carbonyl (C=O) groups is 1. The van der Waals surface area contributed by atoms with Gasteiger partial charge in [0.1, 0.15) is 11.5 Å². The summed E-state index contributed by atoms with van der Waals surface area (Å²) in [7, 11) is 0. The first-order valence-electron chi connectivity index (χ1n) is 7.25. The highest BCUT2D eigenvalue weighted by atomic mass is 35.5. The van der Waals surface area contributed by atoms with Crippen LogP contribution in [0.25, 0.3) is 0 Å². The molecule has 2 aromatic carbocycles. The molecule has 5 nitrogen and oxygen atoms in total. The van der Waals surface area contributed by atoms with Gasteiger partial charge in [0.25, 0.3) is 5.91 Å². The number of hydrogen-bond acceptors (Lipinski definition) is 4. The van der Waals surface area contributed by atoms with E-state index in [-0.39, 0.29) is 17.5 Å². The standard InChI is InChI=1S/C17H16Cl2N2O3S/c1-9-5-13(14(22)6-10(9)2)20-17(25)21-16(23)8-24-15-4-3-11(18)7-12(15)19/h3-7,22H,8H2,1-2H3,(H2,20,21,23,25).